The molecule has 17 nitrogen and oxygen atoms in total. The summed E-state index contributed by atoms with van der Waals surface area (Å²) in [6.45, 7) is 3.38. The molecule has 15 N–H and O–H groups in total. The maximum Gasteiger partial charge on any atom is 0.280 e. The normalized spacial score (nSPS) is 15.0. The summed E-state index contributed by atoms with van der Waals surface area (Å²) in [5, 5.41) is 66.0. The number of carbonyl (C=O) groups is 2. The Hall–Kier alpha value is -4.46. The third-order valence-electron chi connectivity index (χ3n) is 11.3. The Morgan fingerprint density at radius 2 is 1.50 bits per heavy atom. The molecule has 342 valence electrons. The van der Waals surface area contributed by atoms with Crippen LogP contribution >= 0.6 is 11.6 Å². The Kier molecular flexibility index (Phi) is 20.7. The van der Waals surface area contributed by atoms with E-state index in [0.717, 1.165) is 101 Å². The number of nitrogens with two attached hydrogens (primary N) is 3. The zero-order chi connectivity index (χ0) is 45.2. The van der Waals surface area contributed by atoms with Crippen molar-refractivity contribution in [1.82, 2.24) is 25.5 Å². The van der Waals surface area contributed by atoms with Gasteiger partial charge in [-0.2, -0.15) is 0 Å². The summed E-state index contributed by atoms with van der Waals surface area (Å²) in [5.41, 5.74) is 24.3. The molecule has 2 amide bonds. The van der Waals surface area contributed by atoms with Crippen LogP contribution < -0.4 is 33.2 Å². The van der Waals surface area contributed by atoms with Gasteiger partial charge in [-0.3, -0.25) is 20.3 Å². The van der Waals surface area contributed by atoms with E-state index in [1.54, 1.807) is 0 Å². The quantitative estimate of drug-likeness (QED) is 0.0330. The monoisotopic (exact) mass is 882 g/mol. The Morgan fingerprint density at radius 1 is 0.839 bits per heavy atom. The molecular formula is C44H67ClN10O7. The summed E-state index contributed by atoms with van der Waals surface area (Å²) in [7, 11) is 0. The van der Waals surface area contributed by atoms with Crippen LogP contribution in [0.1, 0.15) is 103 Å². The molecule has 2 aromatic carbocycles. The molecule has 5 atom stereocenters. The fraction of sp³-hybridized carbons (Fsp3) is 0.568. The van der Waals surface area contributed by atoms with Gasteiger partial charge in [0.25, 0.3) is 5.91 Å². The van der Waals surface area contributed by atoms with Gasteiger partial charge in [-0.15, -0.1) is 0 Å². The summed E-state index contributed by atoms with van der Waals surface area (Å²) in [4.78, 5) is 35.5. The number of rotatable bonds is 25. The number of hydrogen-bond acceptors (Lipinski definition) is 14. The van der Waals surface area contributed by atoms with Crippen molar-refractivity contribution in [3.05, 3.63) is 75.1 Å². The summed E-state index contributed by atoms with van der Waals surface area (Å²) >= 11 is 5.86. The molecule has 1 aromatic heterocycles. The van der Waals surface area contributed by atoms with Crippen molar-refractivity contribution in [1.29, 1.82) is 5.41 Å². The predicted octanol–water partition coefficient (Wildman–Crippen LogP) is 2.21. The van der Waals surface area contributed by atoms with Crippen LogP contribution in [-0.2, 0) is 36.9 Å². The van der Waals surface area contributed by atoms with E-state index in [2.05, 4.69) is 49.9 Å². The van der Waals surface area contributed by atoms with Gasteiger partial charge in [0, 0.05) is 18.8 Å². The fourth-order valence-electron chi connectivity index (χ4n) is 7.74. The number of nitrogens with zero attached hydrogens (tertiary/aromatic N) is 3. The van der Waals surface area contributed by atoms with E-state index in [4.69, 9.17) is 39.3 Å². The lowest BCUT2D eigenvalue weighted by Crippen LogP contribution is -2.50. The highest BCUT2D eigenvalue weighted by Gasteiger charge is 2.31. The lowest BCUT2D eigenvalue weighted by Gasteiger charge is -2.30. The Bertz CT molecular complexity index is 1910. The largest absolute Gasteiger partial charge is 0.394 e. The molecule has 18 heteroatoms. The van der Waals surface area contributed by atoms with Crippen molar-refractivity contribution >= 4 is 46.7 Å². The van der Waals surface area contributed by atoms with Crippen molar-refractivity contribution in [2.45, 2.75) is 127 Å². The summed E-state index contributed by atoms with van der Waals surface area (Å²) in [5.74, 6) is -1.44. The van der Waals surface area contributed by atoms with Gasteiger partial charge in [-0.05, 0) is 124 Å². The number of aliphatic hydroxyl groups excluding tert-OH is 5. The van der Waals surface area contributed by atoms with Crippen LogP contribution in [-0.4, -0.2) is 121 Å². The number of fused-ring (bicyclic) bond motifs is 1. The van der Waals surface area contributed by atoms with Crippen LogP contribution in [0.25, 0.3) is 0 Å². The van der Waals surface area contributed by atoms with Gasteiger partial charge < -0.3 is 58.3 Å². The number of aryl methyl sites for hydroxylation is 2. The fourth-order valence-corrected chi connectivity index (χ4v) is 7.87. The second-order valence-electron chi connectivity index (χ2n) is 16.2. The number of nitrogen functional groups attached to an aromatic ring is 2. The van der Waals surface area contributed by atoms with E-state index in [-0.39, 0.29) is 40.9 Å². The predicted molar refractivity (Wildman–Crippen MR) is 242 cm³/mol. The first kappa shape index (κ1) is 50.2. The molecule has 0 aliphatic heterocycles. The number of nitrogens with one attached hydrogen (secondary N) is 4. The summed E-state index contributed by atoms with van der Waals surface area (Å²) in [6, 6.07) is 11.2. The SMILES string of the molecule is CCCCCCN(CCCc1ccc(NC(=O)[C@@H](N)Cc2ccc(CCCCNC(=N)NC(=O)c3nc(Cl)c(N)nc3N)c3c2CCCC3)cc1)C[C@H](O)[C@@H](O)[C@H](O)[C@H](O)CO. The summed E-state index contributed by atoms with van der Waals surface area (Å²) in [6.07, 6.45) is 6.62. The molecule has 0 unspecified atom stereocenters. The number of hydrogen-bond donors (Lipinski definition) is 12. The van der Waals surface area contributed by atoms with Gasteiger partial charge >= 0.3 is 0 Å². The van der Waals surface area contributed by atoms with E-state index >= 15 is 0 Å². The lowest BCUT2D eigenvalue weighted by atomic mass is 9.82. The van der Waals surface area contributed by atoms with Gasteiger partial charge in [0.1, 0.15) is 18.3 Å². The third-order valence-corrected chi connectivity index (χ3v) is 11.6. The molecular weight excluding hydrogens is 816 g/mol. The first-order valence-corrected chi connectivity index (χ1v) is 22.2. The molecule has 1 heterocycles. The number of benzene rings is 2. The number of unbranched alkanes of at least 4 members (excludes halogenated alkanes) is 4. The number of aliphatic hydroxyl groups is 5. The molecule has 1 aliphatic carbocycles. The molecule has 62 heavy (non-hydrogen) atoms. The average molecular weight is 884 g/mol. The molecule has 0 spiro atoms. The Morgan fingerprint density at radius 3 is 2.19 bits per heavy atom. The number of halogens is 1. The highest BCUT2D eigenvalue weighted by Crippen LogP contribution is 2.30. The minimum atomic E-state index is -1.66. The number of aromatic nitrogens is 2. The molecule has 0 saturated heterocycles. The molecule has 0 fully saturated rings. The first-order chi connectivity index (χ1) is 29.7. The van der Waals surface area contributed by atoms with Crippen LogP contribution in [0.5, 0.6) is 0 Å². The minimum absolute atomic E-state index is 0.0866. The minimum Gasteiger partial charge on any atom is -0.394 e. The zero-order valence-corrected chi connectivity index (χ0v) is 36.5. The van der Waals surface area contributed by atoms with Gasteiger partial charge in [-0.1, -0.05) is 62.1 Å². The number of amides is 2. The number of anilines is 3. The van der Waals surface area contributed by atoms with E-state index < -0.39 is 43.0 Å². The summed E-state index contributed by atoms with van der Waals surface area (Å²) < 4.78 is 0. The molecule has 0 bridgehead atoms. The van der Waals surface area contributed by atoms with Crippen LogP contribution in [0, 0.1) is 5.41 Å². The Labute approximate surface area is 369 Å². The van der Waals surface area contributed by atoms with Gasteiger partial charge in [0.2, 0.25) is 5.91 Å². The van der Waals surface area contributed by atoms with Crippen molar-refractivity contribution in [3.63, 3.8) is 0 Å². The average Bonchev–Trinajstić information content (AvgIpc) is 3.26. The van der Waals surface area contributed by atoms with E-state index in [0.29, 0.717) is 25.2 Å². The maximum absolute atomic E-state index is 13.3. The number of carbonyl (C=O) groups excluding carboxylic acids is 2. The topological polar surface area (TPSA) is 302 Å². The lowest BCUT2D eigenvalue weighted by molar-refractivity contribution is -0.119. The second-order valence-corrected chi connectivity index (χ2v) is 16.5. The van der Waals surface area contributed by atoms with Crippen LogP contribution in [0.4, 0.5) is 17.3 Å². The van der Waals surface area contributed by atoms with E-state index in [1.807, 2.05) is 24.3 Å². The van der Waals surface area contributed by atoms with Crippen LogP contribution in [0.3, 0.4) is 0 Å². The van der Waals surface area contributed by atoms with Gasteiger partial charge in [-0.25, -0.2) is 9.97 Å². The maximum atomic E-state index is 13.3. The third kappa shape index (κ3) is 15.4. The number of guanidine groups is 1. The van der Waals surface area contributed by atoms with Crippen molar-refractivity contribution in [2.75, 3.05) is 49.6 Å². The molecule has 1 aliphatic rings. The van der Waals surface area contributed by atoms with Gasteiger partial charge in [0.05, 0.1) is 18.8 Å². The van der Waals surface area contributed by atoms with Crippen LogP contribution in [0.15, 0.2) is 36.4 Å². The zero-order valence-electron chi connectivity index (χ0n) is 35.8. The molecule has 4 rings (SSSR count). The highest BCUT2D eigenvalue weighted by molar-refractivity contribution is 6.31. The molecule has 0 saturated carbocycles. The van der Waals surface area contributed by atoms with Gasteiger partial charge in [0.15, 0.2) is 28.4 Å². The molecule has 0 radical (unpaired) electrons. The van der Waals surface area contributed by atoms with E-state index in [9.17, 15) is 30.0 Å². The van der Waals surface area contributed by atoms with E-state index in [1.165, 1.54) is 16.7 Å². The highest BCUT2D eigenvalue weighted by atomic mass is 35.5. The second kappa shape index (κ2) is 25.6. The van der Waals surface area contributed by atoms with Crippen molar-refractivity contribution in [3.8, 4) is 0 Å². The van der Waals surface area contributed by atoms with Crippen molar-refractivity contribution < 1.29 is 35.1 Å². The smallest absolute Gasteiger partial charge is 0.280 e. The Balaban J connectivity index is 1.23. The van der Waals surface area contributed by atoms with Crippen LogP contribution in [0.2, 0.25) is 5.15 Å². The standard InChI is InChI=1S/C44H67ClN10O7/c1-2-3-4-9-22-55(25-34(57)37(59)38(60)35(58)26-56)23-10-11-27-15-19-30(20-16-27)51-42(61)33(46)24-29-18-17-28(31-13-5-6-14-32(29)31)12-7-8-21-50-44(49)54-43(62)36-40(47)53-41(48)39(45)52-36/h15-20,33-35,37-38,56-60H,2-14,21-26,46H2,1H3,(H,51,61)(H4,47,48,53)(H3,49,50,54,62)/t33-,34-,35+,37+,38+/m0/s1. The first-order valence-electron chi connectivity index (χ1n) is 21.8. The van der Waals surface area contributed by atoms with Crippen molar-refractivity contribution in [2.24, 2.45) is 5.73 Å². The molecule has 3 aromatic rings.